The van der Waals surface area contributed by atoms with Gasteiger partial charge in [0.2, 0.25) is 6.34 Å². The van der Waals surface area contributed by atoms with Gasteiger partial charge in [-0.3, -0.25) is 4.55 Å². The molecule has 0 aromatic carbocycles. The molecule has 1 atom stereocenters. The lowest BCUT2D eigenvalue weighted by Crippen LogP contribution is -2.36. The van der Waals surface area contributed by atoms with Crippen LogP contribution in [0.4, 0.5) is 0 Å². The Morgan fingerprint density at radius 1 is 1.82 bits per heavy atom. The van der Waals surface area contributed by atoms with Gasteiger partial charge in [-0.25, -0.2) is 0 Å². The van der Waals surface area contributed by atoms with Gasteiger partial charge in [-0.15, -0.1) is 0 Å². The summed E-state index contributed by atoms with van der Waals surface area (Å²) in [7, 11) is -4.29. The summed E-state index contributed by atoms with van der Waals surface area (Å²) in [5.74, 6) is -0.382. The predicted octanol–water partition coefficient (Wildman–Crippen LogP) is -1.54. The molecular weight excluding hydrogens is 172 g/mol. The lowest BCUT2D eigenvalue weighted by molar-refractivity contribution is -0.00900. The fourth-order valence-electron chi connectivity index (χ4n) is 0.611. The first-order valence-electron chi connectivity index (χ1n) is 2.52. The second-order valence-electron chi connectivity index (χ2n) is 1.78. The van der Waals surface area contributed by atoms with Gasteiger partial charge in [-0.2, -0.15) is 8.42 Å². The Labute approximate surface area is 62.1 Å². The van der Waals surface area contributed by atoms with Gasteiger partial charge in [0.05, 0.1) is 0 Å². The van der Waals surface area contributed by atoms with Gasteiger partial charge in [-0.05, 0) is 4.99 Å². The third-order valence-corrected chi connectivity index (χ3v) is 2.00. The molecule has 0 radical (unpaired) electrons. The van der Waals surface area contributed by atoms with Crippen LogP contribution in [0.1, 0.15) is 0 Å². The van der Waals surface area contributed by atoms with Crippen molar-refractivity contribution in [2.24, 2.45) is 4.99 Å². The molecule has 1 unspecified atom stereocenters. The summed E-state index contributed by atoms with van der Waals surface area (Å²) < 4.78 is 29.3. The van der Waals surface area contributed by atoms with Crippen molar-refractivity contribution in [2.45, 2.75) is 5.37 Å². The SMILES string of the molecule is [N-]=[N+]=C1N=CNC1S(=O)(=O)O. The molecule has 0 fully saturated rings. The third-order valence-electron chi connectivity index (χ3n) is 1.06. The average Bonchev–Trinajstić information content (AvgIpc) is 2.31. The van der Waals surface area contributed by atoms with Crippen molar-refractivity contribution in [1.29, 1.82) is 0 Å². The van der Waals surface area contributed by atoms with E-state index in [0.29, 0.717) is 0 Å². The summed E-state index contributed by atoms with van der Waals surface area (Å²) in [4.78, 5) is 5.88. The summed E-state index contributed by atoms with van der Waals surface area (Å²) in [5.41, 5.74) is 8.16. The normalized spacial score (nSPS) is 23.0. The van der Waals surface area contributed by atoms with Gasteiger partial charge >= 0.3 is 5.84 Å². The van der Waals surface area contributed by atoms with Gasteiger partial charge in [-0.1, -0.05) is 0 Å². The number of amidine groups is 1. The molecule has 8 heteroatoms. The molecule has 0 spiro atoms. The first-order chi connectivity index (χ1) is 5.05. The zero-order valence-corrected chi connectivity index (χ0v) is 5.98. The number of aliphatic imine (C=N–C) groups is 1. The molecule has 7 nitrogen and oxygen atoms in total. The minimum atomic E-state index is -4.29. The number of nitrogens with one attached hydrogen (secondary N) is 1. The number of hydrogen-bond donors (Lipinski definition) is 2. The second-order valence-corrected chi connectivity index (χ2v) is 3.28. The highest BCUT2D eigenvalue weighted by Crippen LogP contribution is 2.00. The first-order valence-corrected chi connectivity index (χ1v) is 4.03. The Kier molecular flexibility index (Phi) is 1.73. The van der Waals surface area contributed by atoms with E-state index in [9.17, 15) is 8.42 Å². The smallest absolute Gasteiger partial charge is 0.418 e. The maximum atomic E-state index is 10.4. The Morgan fingerprint density at radius 3 is 2.82 bits per heavy atom. The van der Waals surface area contributed by atoms with Crippen LogP contribution < -0.4 is 5.32 Å². The zero-order chi connectivity index (χ0) is 8.48. The van der Waals surface area contributed by atoms with Crippen molar-refractivity contribution in [3.63, 3.8) is 0 Å². The monoisotopic (exact) mass is 176 g/mol. The minimum Gasteiger partial charge on any atom is -0.497 e. The number of nitrogens with zero attached hydrogens (tertiary/aromatic N) is 3. The van der Waals surface area contributed by atoms with Gasteiger partial charge in [0.1, 0.15) is 0 Å². The van der Waals surface area contributed by atoms with Gasteiger partial charge in [0.15, 0.2) is 0 Å². The van der Waals surface area contributed by atoms with E-state index in [0.717, 1.165) is 6.34 Å². The third kappa shape index (κ3) is 1.43. The Bertz CT molecular complexity index is 338. The van der Waals surface area contributed by atoms with Crippen molar-refractivity contribution >= 4 is 22.3 Å². The van der Waals surface area contributed by atoms with Crippen LogP contribution in [0, 0.1) is 0 Å². The zero-order valence-electron chi connectivity index (χ0n) is 5.17. The second kappa shape index (κ2) is 2.42. The largest absolute Gasteiger partial charge is 0.497 e. The fraction of sp³-hybridized carbons (Fsp3) is 0.333. The number of hydrogen-bond acceptors (Lipinski definition) is 3. The first kappa shape index (κ1) is 7.86. The van der Waals surface area contributed by atoms with Gasteiger partial charge < -0.3 is 15.6 Å². The highest BCUT2D eigenvalue weighted by atomic mass is 32.2. The van der Waals surface area contributed by atoms with E-state index < -0.39 is 15.5 Å². The van der Waals surface area contributed by atoms with Crippen LogP contribution in [-0.2, 0) is 10.1 Å². The fourth-order valence-corrected chi connectivity index (χ4v) is 1.22. The van der Waals surface area contributed by atoms with Crippen molar-refractivity contribution in [3.8, 4) is 0 Å². The molecule has 0 aliphatic carbocycles. The molecule has 60 valence electrons. The molecule has 0 amide bonds. The van der Waals surface area contributed by atoms with Crippen molar-refractivity contribution in [1.82, 2.24) is 5.32 Å². The quantitative estimate of drug-likeness (QED) is 0.286. The molecule has 0 saturated carbocycles. The molecule has 1 aliphatic rings. The maximum Gasteiger partial charge on any atom is 0.418 e. The van der Waals surface area contributed by atoms with E-state index in [4.69, 9.17) is 10.1 Å². The van der Waals surface area contributed by atoms with E-state index in [1.165, 1.54) is 0 Å². The van der Waals surface area contributed by atoms with Crippen LogP contribution in [0.25, 0.3) is 5.53 Å². The minimum absolute atomic E-state index is 0.382. The molecule has 11 heavy (non-hydrogen) atoms. The van der Waals surface area contributed by atoms with Gasteiger partial charge in [0, 0.05) is 0 Å². The maximum absolute atomic E-state index is 10.4. The number of rotatable bonds is 1. The van der Waals surface area contributed by atoms with Crippen molar-refractivity contribution in [2.75, 3.05) is 0 Å². The molecule has 2 N–H and O–H groups in total. The molecular formula is C3H4N4O3S. The average molecular weight is 176 g/mol. The highest BCUT2D eigenvalue weighted by Gasteiger charge is 2.38. The van der Waals surface area contributed by atoms with Crippen molar-refractivity contribution in [3.05, 3.63) is 5.53 Å². The highest BCUT2D eigenvalue weighted by molar-refractivity contribution is 7.87. The summed E-state index contributed by atoms with van der Waals surface area (Å²) >= 11 is 0. The van der Waals surface area contributed by atoms with Crippen molar-refractivity contribution < 1.29 is 17.8 Å². The van der Waals surface area contributed by atoms with Crippen LogP contribution in [0.5, 0.6) is 0 Å². The Balaban J connectivity index is 3.05. The summed E-state index contributed by atoms with van der Waals surface area (Å²) in [6.07, 6.45) is 1.02. The van der Waals surface area contributed by atoms with Crippen LogP contribution in [-0.4, -0.2) is 35.3 Å². The molecule has 1 aliphatic heterocycles. The molecule has 0 saturated heterocycles. The van der Waals surface area contributed by atoms with E-state index in [1.807, 2.05) is 0 Å². The molecule has 1 heterocycles. The van der Waals surface area contributed by atoms with E-state index in [1.54, 1.807) is 0 Å². The van der Waals surface area contributed by atoms with Crippen LogP contribution in [0.3, 0.4) is 0 Å². The molecule has 0 bridgehead atoms. The standard InChI is InChI=1S/C3H4N4O3S/c4-7-2-3(6-1-5-2)11(8,9)10/h1,3H,(H,5,6)(H,8,9,10). The molecule has 0 aromatic rings. The predicted molar refractivity (Wildman–Crippen MR) is 35.6 cm³/mol. The topological polar surface area (TPSA) is 115 Å². The van der Waals surface area contributed by atoms with Crippen LogP contribution in [0.2, 0.25) is 0 Å². The van der Waals surface area contributed by atoms with Gasteiger partial charge in [0.25, 0.3) is 15.5 Å². The van der Waals surface area contributed by atoms with Crippen LogP contribution in [0.15, 0.2) is 4.99 Å². The van der Waals surface area contributed by atoms with E-state index >= 15 is 0 Å². The summed E-state index contributed by atoms with van der Waals surface area (Å²) in [6.45, 7) is 0. The summed E-state index contributed by atoms with van der Waals surface area (Å²) in [6, 6.07) is 0. The van der Waals surface area contributed by atoms with Crippen LogP contribution >= 0.6 is 0 Å². The summed E-state index contributed by atoms with van der Waals surface area (Å²) in [5, 5.41) is 0.726. The van der Waals surface area contributed by atoms with E-state index in [2.05, 4.69) is 15.1 Å². The molecule has 1 rings (SSSR count). The Morgan fingerprint density at radius 2 is 2.45 bits per heavy atom. The Hall–Kier alpha value is -1.24. The lowest BCUT2D eigenvalue weighted by atomic mass is 10.6. The lowest BCUT2D eigenvalue weighted by Gasteiger charge is -1.98. The van der Waals surface area contributed by atoms with E-state index in [-0.39, 0.29) is 5.84 Å². The molecule has 0 aromatic heterocycles.